The van der Waals surface area contributed by atoms with Gasteiger partial charge in [0.1, 0.15) is 11.1 Å². The molecule has 2 aliphatic carbocycles. The van der Waals surface area contributed by atoms with Crippen molar-refractivity contribution in [2.24, 2.45) is 17.3 Å². The molecule has 0 radical (unpaired) electrons. The SMILES string of the molecule is CCCC1=CCC(OC(=O)[C@@H]2[C@@H](/C=C(\Cl)C(F)(F)F)C2(C)C)C1. The molecule has 0 aliphatic heterocycles. The number of allylic oxidation sites excluding steroid dienone is 2. The van der Waals surface area contributed by atoms with E-state index in [2.05, 4.69) is 13.0 Å². The van der Waals surface area contributed by atoms with Gasteiger partial charge in [-0.2, -0.15) is 13.2 Å². The summed E-state index contributed by atoms with van der Waals surface area (Å²) in [5.41, 5.74) is 0.734. The summed E-state index contributed by atoms with van der Waals surface area (Å²) in [7, 11) is 0. The van der Waals surface area contributed by atoms with E-state index < -0.39 is 34.4 Å². The fraction of sp³-hybridized carbons (Fsp3) is 0.706. The molecule has 1 fully saturated rings. The molecular weight excluding hydrogens is 329 g/mol. The lowest BCUT2D eigenvalue weighted by atomic mass is 10.1. The highest BCUT2D eigenvalue weighted by atomic mass is 35.5. The van der Waals surface area contributed by atoms with Crippen LogP contribution in [0.5, 0.6) is 0 Å². The Labute approximate surface area is 139 Å². The normalized spacial score (nSPS) is 30.1. The Kier molecular flexibility index (Phi) is 5.19. The van der Waals surface area contributed by atoms with Crippen molar-refractivity contribution in [3.8, 4) is 0 Å². The highest BCUT2D eigenvalue weighted by molar-refractivity contribution is 6.30. The Balaban J connectivity index is 1.94. The summed E-state index contributed by atoms with van der Waals surface area (Å²) in [6.45, 7) is 5.61. The van der Waals surface area contributed by atoms with Gasteiger partial charge < -0.3 is 4.74 Å². The zero-order chi connectivity index (χ0) is 17.4. The van der Waals surface area contributed by atoms with E-state index in [4.69, 9.17) is 16.3 Å². The second-order valence-corrected chi connectivity index (χ2v) is 7.36. The number of hydrogen-bond donors (Lipinski definition) is 0. The molecule has 1 saturated carbocycles. The zero-order valence-corrected chi connectivity index (χ0v) is 14.3. The number of carbonyl (C=O) groups is 1. The van der Waals surface area contributed by atoms with E-state index in [-0.39, 0.29) is 6.10 Å². The van der Waals surface area contributed by atoms with Crippen molar-refractivity contribution in [3.63, 3.8) is 0 Å². The fourth-order valence-corrected chi connectivity index (χ4v) is 3.44. The predicted molar refractivity (Wildman–Crippen MR) is 82.9 cm³/mol. The van der Waals surface area contributed by atoms with Gasteiger partial charge in [0.25, 0.3) is 0 Å². The lowest BCUT2D eigenvalue weighted by Crippen LogP contribution is -2.19. The van der Waals surface area contributed by atoms with Crippen LogP contribution in [0, 0.1) is 17.3 Å². The van der Waals surface area contributed by atoms with Gasteiger partial charge in [-0.25, -0.2) is 0 Å². The molecule has 0 heterocycles. The van der Waals surface area contributed by atoms with E-state index in [0.29, 0.717) is 6.42 Å². The van der Waals surface area contributed by atoms with Crippen molar-refractivity contribution < 1.29 is 22.7 Å². The molecule has 0 aromatic carbocycles. The van der Waals surface area contributed by atoms with Crippen molar-refractivity contribution in [2.45, 2.75) is 58.7 Å². The Hall–Kier alpha value is -0.970. The molecule has 6 heteroatoms. The highest BCUT2D eigenvalue weighted by Gasteiger charge is 2.62. The third-order valence-electron chi connectivity index (χ3n) is 4.77. The number of alkyl halides is 3. The lowest BCUT2D eigenvalue weighted by Gasteiger charge is -2.13. The van der Waals surface area contributed by atoms with Crippen LogP contribution in [-0.4, -0.2) is 18.2 Å². The van der Waals surface area contributed by atoms with Gasteiger partial charge >= 0.3 is 12.1 Å². The van der Waals surface area contributed by atoms with Gasteiger partial charge in [-0.05, 0) is 17.8 Å². The zero-order valence-electron chi connectivity index (χ0n) is 13.5. The number of halogens is 4. The minimum Gasteiger partial charge on any atom is -0.461 e. The van der Waals surface area contributed by atoms with Crippen LogP contribution >= 0.6 is 11.6 Å². The second-order valence-electron chi connectivity index (χ2n) is 6.95. The average Bonchev–Trinajstić information content (AvgIpc) is 2.76. The minimum atomic E-state index is -4.57. The molecule has 1 unspecified atom stereocenters. The van der Waals surface area contributed by atoms with Crippen LogP contribution in [0.15, 0.2) is 22.8 Å². The van der Waals surface area contributed by atoms with Crippen LogP contribution in [0.3, 0.4) is 0 Å². The third kappa shape index (κ3) is 4.11. The summed E-state index contributed by atoms with van der Waals surface area (Å²) in [6.07, 6.45) is 1.76. The molecule has 0 aromatic rings. The Morgan fingerprint density at radius 3 is 2.70 bits per heavy atom. The minimum absolute atomic E-state index is 0.178. The number of carbonyl (C=O) groups excluding carboxylic acids is 1. The summed E-state index contributed by atoms with van der Waals surface area (Å²) in [5.74, 6) is -1.51. The van der Waals surface area contributed by atoms with E-state index in [1.54, 1.807) is 13.8 Å². The smallest absolute Gasteiger partial charge is 0.426 e. The maximum atomic E-state index is 12.5. The number of rotatable bonds is 5. The van der Waals surface area contributed by atoms with Gasteiger partial charge in [0, 0.05) is 12.8 Å². The monoisotopic (exact) mass is 350 g/mol. The first-order valence-corrected chi connectivity index (χ1v) is 8.28. The topological polar surface area (TPSA) is 26.3 Å². The van der Waals surface area contributed by atoms with Gasteiger partial charge in [0.15, 0.2) is 0 Å². The molecule has 0 aromatic heterocycles. The average molecular weight is 351 g/mol. The number of hydrogen-bond acceptors (Lipinski definition) is 2. The summed E-state index contributed by atoms with van der Waals surface area (Å²) in [6, 6.07) is 0. The molecule has 2 aliphatic rings. The quantitative estimate of drug-likeness (QED) is 0.492. The van der Waals surface area contributed by atoms with Crippen LogP contribution in [0.2, 0.25) is 0 Å². The van der Waals surface area contributed by atoms with Gasteiger partial charge in [0.05, 0.1) is 5.92 Å². The molecule has 0 amide bonds. The number of ether oxygens (including phenoxy) is 1. The van der Waals surface area contributed by atoms with Crippen LogP contribution in [0.4, 0.5) is 13.2 Å². The largest absolute Gasteiger partial charge is 0.461 e. The number of esters is 1. The van der Waals surface area contributed by atoms with E-state index >= 15 is 0 Å². The predicted octanol–water partition coefficient (Wildman–Crippen LogP) is 5.38. The van der Waals surface area contributed by atoms with Crippen LogP contribution < -0.4 is 0 Å². The standard InChI is InChI=1S/C17H22ClF3O2/c1-4-5-10-6-7-11(8-10)23-15(22)14-12(16(14,2)3)9-13(18)17(19,20)21/h6,9,11-12,14H,4-5,7-8H2,1-3H3/b13-9-/t11?,12-,14+/m1/s1. The van der Waals surface area contributed by atoms with Crippen molar-refractivity contribution in [2.75, 3.05) is 0 Å². The van der Waals surface area contributed by atoms with Crippen LogP contribution in [-0.2, 0) is 9.53 Å². The molecule has 0 N–H and O–H groups in total. The molecule has 23 heavy (non-hydrogen) atoms. The van der Waals surface area contributed by atoms with Crippen molar-refractivity contribution in [1.29, 1.82) is 0 Å². The Bertz CT molecular complexity index is 534. The van der Waals surface area contributed by atoms with E-state index in [0.717, 1.165) is 25.3 Å². The Morgan fingerprint density at radius 2 is 2.13 bits per heavy atom. The van der Waals surface area contributed by atoms with Gasteiger partial charge in [0.2, 0.25) is 0 Å². The molecule has 2 nitrogen and oxygen atoms in total. The maximum Gasteiger partial charge on any atom is 0.426 e. The van der Waals surface area contributed by atoms with Crippen molar-refractivity contribution >= 4 is 17.6 Å². The van der Waals surface area contributed by atoms with E-state index in [9.17, 15) is 18.0 Å². The highest BCUT2D eigenvalue weighted by Crippen LogP contribution is 2.60. The maximum absolute atomic E-state index is 12.5. The first-order valence-electron chi connectivity index (χ1n) is 7.90. The summed E-state index contributed by atoms with van der Waals surface area (Å²) in [4.78, 5) is 12.3. The fourth-order valence-electron chi connectivity index (χ4n) is 3.30. The first kappa shape index (κ1) is 18.4. The molecular formula is C17H22ClF3O2. The van der Waals surface area contributed by atoms with E-state index in [1.807, 2.05) is 0 Å². The Morgan fingerprint density at radius 1 is 1.48 bits per heavy atom. The third-order valence-corrected chi connectivity index (χ3v) is 5.11. The molecule has 2 rings (SSSR count). The molecule has 3 atom stereocenters. The van der Waals surface area contributed by atoms with Crippen molar-refractivity contribution in [3.05, 3.63) is 22.8 Å². The molecule has 0 saturated heterocycles. The second kappa shape index (κ2) is 6.50. The first-order chi connectivity index (χ1) is 10.6. The summed E-state index contributed by atoms with van der Waals surface area (Å²) >= 11 is 5.29. The lowest BCUT2D eigenvalue weighted by molar-refractivity contribution is -0.151. The van der Waals surface area contributed by atoms with Gasteiger partial charge in [-0.15, -0.1) is 0 Å². The molecule has 0 bridgehead atoms. The molecule has 130 valence electrons. The van der Waals surface area contributed by atoms with Crippen LogP contribution in [0.25, 0.3) is 0 Å². The summed E-state index contributed by atoms with van der Waals surface area (Å²) in [5, 5.41) is -1.17. The van der Waals surface area contributed by atoms with Crippen molar-refractivity contribution in [1.82, 2.24) is 0 Å². The van der Waals surface area contributed by atoms with E-state index in [1.165, 1.54) is 5.57 Å². The van der Waals surface area contributed by atoms with Crippen LogP contribution in [0.1, 0.15) is 46.5 Å². The van der Waals surface area contributed by atoms with Gasteiger partial charge in [-0.1, -0.05) is 56.5 Å². The summed E-state index contributed by atoms with van der Waals surface area (Å²) < 4.78 is 43.1. The van der Waals surface area contributed by atoms with Gasteiger partial charge in [-0.3, -0.25) is 4.79 Å². The molecule has 0 spiro atoms.